The summed E-state index contributed by atoms with van der Waals surface area (Å²) in [7, 11) is 0. The van der Waals surface area contributed by atoms with E-state index in [-0.39, 0.29) is 19.0 Å². The van der Waals surface area contributed by atoms with Gasteiger partial charge in [-0.25, -0.2) is 4.79 Å². The third-order valence-electron chi connectivity index (χ3n) is 4.02. The van der Waals surface area contributed by atoms with Crippen molar-refractivity contribution in [3.8, 4) is 17.4 Å². The van der Waals surface area contributed by atoms with E-state index in [4.69, 9.17) is 13.6 Å². The van der Waals surface area contributed by atoms with Crippen molar-refractivity contribution in [2.75, 3.05) is 6.61 Å². The highest BCUT2D eigenvalue weighted by molar-refractivity contribution is 5.44. The van der Waals surface area contributed by atoms with Crippen molar-refractivity contribution in [3.05, 3.63) is 57.8 Å². The number of ether oxygens (including phenoxy) is 1. The Hall–Kier alpha value is -2.80. The lowest BCUT2D eigenvalue weighted by molar-refractivity contribution is 0.0869. The van der Waals surface area contributed by atoms with Crippen molar-refractivity contribution < 1.29 is 18.7 Å². The second kappa shape index (κ2) is 6.98. The molecule has 0 aliphatic carbocycles. The lowest BCUT2D eigenvalue weighted by atomic mass is 10.1. The van der Waals surface area contributed by atoms with Crippen molar-refractivity contribution in [3.63, 3.8) is 0 Å². The Balaban J connectivity index is 1.67. The average molecular weight is 344 g/mol. The Morgan fingerprint density at radius 1 is 1.24 bits per heavy atom. The molecule has 25 heavy (non-hydrogen) atoms. The number of aromatic nitrogens is 2. The number of aryl methyl sites for hydroxylation is 2. The number of hydrogen-bond acceptors (Lipinski definition) is 6. The fourth-order valence-corrected chi connectivity index (χ4v) is 2.50. The minimum Gasteiger partial charge on any atom is -0.490 e. The molecule has 0 unspecified atom stereocenters. The molecule has 0 amide bonds. The molecule has 0 saturated heterocycles. The molecule has 3 aromatic rings. The molecular weight excluding hydrogens is 324 g/mol. The molecular formula is C18H20N2O5. The third-order valence-corrected chi connectivity index (χ3v) is 4.02. The van der Waals surface area contributed by atoms with Crippen molar-refractivity contribution in [1.29, 1.82) is 0 Å². The molecule has 2 heterocycles. The van der Waals surface area contributed by atoms with Crippen LogP contribution >= 0.6 is 0 Å². The molecule has 0 bridgehead atoms. The van der Waals surface area contributed by atoms with E-state index in [1.165, 1.54) is 6.26 Å². The van der Waals surface area contributed by atoms with Crippen molar-refractivity contribution >= 4 is 0 Å². The monoisotopic (exact) mass is 344 g/mol. The average Bonchev–Trinajstić information content (AvgIpc) is 3.22. The van der Waals surface area contributed by atoms with Gasteiger partial charge < -0.3 is 18.7 Å². The van der Waals surface area contributed by atoms with Gasteiger partial charge in [-0.1, -0.05) is 12.1 Å². The molecule has 7 nitrogen and oxygen atoms in total. The summed E-state index contributed by atoms with van der Waals surface area (Å²) >= 11 is 0. The van der Waals surface area contributed by atoms with Gasteiger partial charge in [0.15, 0.2) is 5.76 Å². The minimum absolute atomic E-state index is 0.0348. The lowest BCUT2D eigenvalue weighted by Crippen LogP contribution is -2.29. The first-order valence-corrected chi connectivity index (χ1v) is 7.95. The molecule has 0 aliphatic rings. The zero-order chi connectivity index (χ0) is 18.0. The Bertz CT molecular complexity index is 908. The van der Waals surface area contributed by atoms with Crippen LogP contribution in [0.5, 0.6) is 5.75 Å². The smallest absolute Gasteiger partial charge is 0.437 e. The van der Waals surface area contributed by atoms with Gasteiger partial charge in [-0.3, -0.25) is 0 Å². The maximum absolute atomic E-state index is 11.8. The quantitative estimate of drug-likeness (QED) is 0.739. The summed E-state index contributed by atoms with van der Waals surface area (Å²) in [6.07, 6.45) is 0.551. The van der Waals surface area contributed by atoms with Crippen LogP contribution in [0.1, 0.15) is 16.7 Å². The maximum atomic E-state index is 11.8. The van der Waals surface area contributed by atoms with Gasteiger partial charge in [0.2, 0.25) is 0 Å². The van der Waals surface area contributed by atoms with Crippen molar-refractivity contribution in [2.24, 2.45) is 0 Å². The summed E-state index contributed by atoms with van der Waals surface area (Å²) in [6, 6.07) is 7.31. The van der Waals surface area contributed by atoms with Gasteiger partial charge in [0.25, 0.3) is 5.89 Å². The minimum atomic E-state index is -0.911. The molecule has 3 rings (SSSR count). The molecule has 0 radical (unpaired) electrons. The van der Waals surface area contributed by atoms with Crippen LogP contribution in [0.3, 0.4) is 0 Å². The number of benzene rings is 1. The predicted octanol–water partition coefficient (Wildman–Crippen LogP) is 2.46. The summed E-state index contributed by atoms with van der Waals surface area (Å²) < 4.78 is 17.0. The topological polar surface area (TPSA) is 90.6 Å². The van der Waals surface area contributed by atoms with Gasteiger partial charge in [0.1, 0.15) is 18.5 Å². The first kappa shape index (κ1) is 17.0. The van der Waals surface area contributed by atoms with E-state index in [2.05, 4.69) is 5.10 Å². The number of aliphatic hydroxyl groups excluding tert-OH is 1. The maximum Gasteiger partial charge on any atom is 0.437 e. The third kappa shape index (κ3) is 3.66. The molecule has 7 heteroatoms. The SMILES string of the molecule is Cc1ccc(C)c(OC[C@H](O)Cn2nc(-c3ccco3)oc2=O)c1C. The van der Waals surface area contributed by atoms with Crippen LogP contribution in [-0.2, 0) is 6.54 Å². The Morgan fingerprint density at radius 3 is 2.72 bits per heavy atom. The van der Waals surface area contributed by atoms with Gasteiger partial charge >= 0.3 is 5.76 Å². The predicted molar refractivity (Wildman–Crippen MR) is 90.6 cm³/mol. The van der Waals surface area contributed by atoms with Crippen LogP contribution in [0.25, 0.3) is 11.7 Å². The van der Waals surface area contributed by atoms with Gasteiger partial charge in [-0.2, -0.15) is 4.68 Å². The number of hydrogen-bond donors (Lipinski definition) is 1. The van der Waals surface area contributed by atoms with Gasteiger partial charge in [-0.05, 0) is 49.6 Å². The number of furan rings is 1. The normalized spacial score (nSPS) is 12.3. The number of nitrogens with zero attached hydrogens (tertiary/aromatic N) is 2. The van der Waals surface area contributed by atoms with E-state index < -0.39 is 11.9 Å². The van der Waals surface area contributed by atoms with Crippen LogP contribution in [-0.4, -0.2) is 27.6 Å². The molecule has 2 aromatic heterocycles. The summed E-state index contributed by atoms with van der Waals surface area (Å²) in [5.74, 6) is 0.525. The van der Waals surface area contributed by atoms with Gasteiger partial charge in [0, 0.05) is 0 Å². The Labute approximate surface area is 144 Å². The summed E-state index contributed by atoms with van der Waals surface area (Å²) in [5, 5.41) is 14.2. The fourth-order valence-electron chi connectivity index (χ4n) is 2.50. The van der Waals surface area contributed by atoms with Gasteiger partial charge in [-0.15, -0.1) is 5.10 Å². The van der Waals surface area contributed by atoms with Crippen LogP contribution in [0.4, 0.5) is 0 Å². The highest BCUT2D eigenvalue weighted by Crippen LogP contribution is 2.25. The molecule has 132 valence electrons. The van der Waals surface area contributed by atoms with Crippen LogP contribution in [0.15, 0.2) is 44.2 Å². The summed E-state index contributed by atoms with van der Waals surface area (Å²) in [6.45, 7) is 5.93. The van der Waals surface area contributed by atoms with Gasteiger partial charge in [0.05, 0.1) is 12.8 Å². The zero-order valence-electron chi connectivity index (χ0n) is 14.4. The first-order chi connectivity index (χ1) is 12.0. The zero-order valence-corrected chi connectivity index (χ0v) is 14.4. The molecule has 1 atom stereocenters. The lowest BCUT2D eigenvalue weighted by Gasteiger charge is -2.16. The number of rotatable bonds is 6. The summed E-state index contributed by atoms with van der Waals surface area (Å²) in [4.78, 5) is 11.8. The number of aliphatic hydroxyl groups is 1. The molecule has 1 N–H and O–H groups in total. The van der Waals surface area contributed by atoms with E-state index in [0.717, 1.165) is 27.1 Å². The largest absolute Gasteiger partial charge is 0.490 e. The Kier molecular flexibility index (Phi) is 4.76. The van der Waals surface area contributed by atoms with Crippen molar-refractivity contribution in [2.45, 2.75) is 33.4 Å². The van der Waals surface area contributed by atoms with E-state index in [1.54, 1.807) is 12.1 Å². The van der Waals surface area contributed by atoms with E-state index in [0.29, 0.717) is 5.76 Å². The van der Waals surface area contributed by atoms with Crippen LogP contribution in [0.2, 0.25) is 0 Å². The van der Waals surface area contributed by atoms with E-state index in [1.807, 2.05) is 32.9 Å². The molecule has 0 aliphatic heterocycles. The highest BCUT2D eigenvalue weighted by Gasteiger charge is 2.16. The molecule has 0 spiro atoms. The Morgan fingerprint density at radius 2 is 2.00 bits per heavy atom. The van der Waals surface area contributed by atoms with Crippen molar-refractivity contribution in [1.82, 2.24) is 9.78 Å². The molecule has 1 aromatic carbocycles. The highest BCUT2D eigenvalue weighted by atomic mass is 16.5. The van der Waals surface area contributed by atoms with E-state index >= 15 is 0 Å². The second-order valence-corrected chi connectivity index (χ2v) is 5.95. The van der Waals surface area contributed by atoms with E-state index in [9.17, 15) is 9.90 Å². The summed E-state index contributed by atoms with van der Waals surface area (Å²) in [5.41, 5.74) is 3.14. The van der Waals surface area contributed by atoms with Crippen LogP contribution in [0, 0.1) is 20.8 Å². The first-order valence-electron chi connectivity index (χ1n) is 7.95. The second-order valence-electron chi connectivity index (χ2n) is 5.95. The standard InChI is InChI=1S/C18H20N2O5/c1-11-6-7-12(2)16(13(11)3)24-10-14(21)9-20-18(22)25-17(19-20)15-5-4-8-23-15/h4-8,14,21H,9-10H2,1-3H3/t14-/m1/s1. The van der Waals surface area contributed by atoms with Crippen LogP contribution < -0.4 is 10.5 Å². The fraction of sp³-hybridized carbons (Fsp3) is 0.333. The molecule has 0 fully saturated rings. The molecule has 0 saturated carbocycles.